The van der Waals surface area contributed by atoms with Crippen LogP contribution in [0, 0.1) is 0 Å². The fourth-order valence-electron chi connectivity index (χ4n) is 1.43. The van der Waals surface area contributed by atoms with E-state index in [-0.39, 0.29) is 12.4 Å². The molecule has 18 heavy (non-hydrogen) atoms. The molecule has 0 aliphatic heterocycles. The molecule has 3 rings (SSSR count). The summed E-state index contributed by atoms with van der Waals surface area (Å²) in [4.78, 5) is 25.6. The number of aromatic nitrogens is 5. The van der Waals surface area contributed by atoms with Crippen LogP contribution in [0.15, 0.2) is 31.5 Å². The minimum atomic E-state index is -0.595. The van der Waals surface area contributed by atoms with Crippen molar-refractivity contribution in [1.82, 2.24) is 25.0 Å². The summed E-state index contributed by atoms with van der Waals surface area (Å²) in [7, 11) is 0. The molecule has 2 N–H and O–H groups in total. The molecule has 0 unspecified atom stereocenters. The Morgan fingerprint density at radius 1 is 1.44 bits per heavy atom. The Kier molecular flexibility index (Phi) is 2.45. The first-order valence-corrected chi connectivity index (χ1v) is 5.86. The van der Waals surface area contributed by atoms with Gasteiger partial charge in [0, 0.05) is 0 Å². The third-order valence-corrected chi connectivity index (χ3v) is 3.05. The number of nitrogens with zero attached hydrogens (tertiary/aromatic N) is 3. The maximum Gasteiger partial charge on any atom is 0.437 e. The molecule has 3 heterocycles. The maximum absolute atomic E-state index is 11.6. The molecule has 0 bridgehead atoms. The minimum absolute atomic E-state index is 0.0481. The molecule has 92 valence electrons. The summed E-state index contributed by atoms with van der Waals surface area (Å²) >= 11 is 1.42. The molecule has 0 aliphatic carbocycles. The van der Waals surface area contributed by atoms with Crippen LogP contribution in [-0.4, -0.2) is 25.0 Å². The minimum Gasteiger partial charge on any atom is -0.387 e. The number of rotatable bonds is 3. The van der Waals surface area contributed by atoms with Crippen molar-refractivity contribution in [2.45, 2.75) is 6.54 Å². The summed E-state index contributed by atoms with van der Waals surface area (Å²) in [6, 6.07) is 3.64. The van der Waals surface area contributed by atoms with Gasteiger partial charge in [0.05, 0.1) is 4.88 Å². The van der Waals surface area contributed by atoms with E-state index in [0.29, 0.717) is 5.82 Å². The predicted molar refractivity (Wildman–Crippen MR) is 62.4 cm³/mol. The van der Waals surface area contributed by atoms with Gasteiger partial charge in [-0.2, -0.15) is 9.78 Å². The van der Waals surface area contributed by atoms with Gasteiger partial charge in [-0.25, -0.2) is 14.7 Å². The molecule has 9 heteroatoms. The number of aromatic amines is 2. The summed E-state index contributed by atoms with van der Waals surface area (Å²) in [5.41, 5.74) is -0.431. The van der Waals surface area contributed by atoms with E-state index >= 15 is 0 Å². The third kappa shape index (κ3) is 1.91. The van der Waals surface area contributed by atoms with Gasteiger partial charge in [0.15, 0.2) is 5.82 Å². The lowest BCUT2D eigenvalue weighted by Crippen LogP contribution is -2.17. The van der Waals surface area contributed by atoms with Crippen LogP contribution in [0.2, 0.25) is 0 Å². The zero-order valence-electron chi connectivity index (χ0n) is 8.91. The second-order valence-corrected chi connectivity index (χ2v) is 4.38. The van der Waals surface area contributed by atoms with E-state index in [2.05, 4.69) is 20.3 Å². The standard InChI is InChI=1S/C9H7N5O3S/c15-8-10-6(11-12-8)4-14-9(16)17-7(13-14)5-2-1-3-18-5/h1-3H,4H2,(H2,10,11,12,15). The molecule has 0 atom stereocenters. The van der Waals surface area contributed by atoms with Crippen molar-refractivity contribution in [3.63, 3.8) is 0 Å². The average Bonchev–Trinajstić information content (AvgIpc) is 3.02. The van der Waals surface area contributed by atoms with Gasteiger partial charge in [0.1, 0.15) is 6.54 Å². The molecular formula is C9H7N5O3S. The number of hydrogen-bond acceptors (Lipinski definition) is 6. The fourth-order valence-corrected chi connectivity index (χ4v) is 2.07. The highest BCUT2D eigenvalue weighted by atomic mass is 32.1. The molecule has 0 aromatic carbocycles. The second kappa shape index (κ2) is 4.11. The van der Waals surface area contributed by atoms with Gasteiger partial charge in [0.2, 0.25) is 0 Å². The molecule has 8 nitrogen and oxygen atoms in total. The fraction of sp³-hybridized carbons (Fsp3) is 0.111. The van der Waals surface area contributed by atoms with Gasteiger partial charge in [-0.15, -0.1) is 16.4 Å². The van der Waals surface area contributed by atoms with Crippen LogP contribution >= 0.6 is 11.3 Å². The van der Waals surface area contributed by atoms with Crippen LogP contribution in [0.1, 0.15) is 5.82 Å². The third-order valence-electron chi connectivity index (χ3n) is 2.19. The normalized spacial score (nSPS) is 10.9. The molecule has 0 aliphatic rings. The Labute approximate surface area is 103 Å². The molecule has 0 saturated carbocycles. The van der Waals surface area contributed by atoms with E-state index in [1.165, 1.54) is 11.3 Å². The lowest BCUT2D eigenvalue weighted by molar-refractivity contribution is 0.492. The van der Waals surface area contributed by atoms with E-state index in [1.54, 1.807) is 6.07 Å². The average molecular weight is 265 g/mol. The van der Waals surface area contributed by atoms with Gasteiger partial charge in [-0.1, -0.05) is 6.07 Å². The summed E-state index contributed by atoms with van der Waals surface area (Å²) in [6.07, 6.45) is 0. The molecular weight excluding hydrogens is 258 g/mol. The number of nitrogens with one attached hydrogen (secondary N) is 2. The van der Waals surface area contributed by atoms with Gasteiger partial charge in [-0.05, 0) is 11.4 Å². The first-order chi connectivity index (χ1) is 8.72. The lowest BCUT2D eigenvalue weighted by atomic mass is 10.5. The van der Waals surface area contributed by atoms with Crippen molar-refractivity contribution in [3.05, 3.63) is 44.4 Å². The maximum atomic E-state index is 11.6. The number of hydrogen-bond donors (Lipinski definition) is 2. The summed E-state index contributed by atoms with van der Waals surface area (Å²) < 4.78 is 6.11. The molecule has 0 radical (unpaired) electrons. The van der Waals surface area contributed by atoms with Gasteiger partial charge < -0.3 is 4.42 Å². The quantitative estimate of drug-likeness (QED) is 0.694. The summed E-state index contributed by atoms with van der Waals surface area (Å²) in [5, 5.41) is 11.8. The van der Waals surface area contributed by atoms with E-state index in [1.807, 2.05) is 11.4 Å². The molecule has 0 fully saturated rings. The van der Waals surface area contributed by atoms with Crippen molar-refractivity contribution in [3.8, 4) is 10.8 Å². The second-order valence-electron chi connectivity index (χ2n) is 3.43. The smallest absolute Gasteiger partial charge is 0.387 e. The van der Waals surface area contributed by atoms with Crippen LogP contribution in [0.25, 0.3) is 10.8 Å². The Bertz CT molecular complexity index is 763. The van der Waals surface area contributed by atoms with Crippen molar-refractivity contribution in [1.29, 1.82) is 0 Å². The molecule has 0 amide bonds. The van der Waals surface area contributed by atoms with E-state index in [9.17, 15) is 9.59 Å². The zero-order valence-corrected chi connectivity index (χ0v) is 9.73. The molecule has 0 spiro atoms. The highest BCUT2D eigenvalue weighted by molar-refractivity contribution is 7.13. The van der Waals surface area contributed by atoms with E-state index in [0.717, 1.165) is 9.56 Å². The van der Waals surface area contributed by atoms with Crippen molar-refractivity contribution in [2.24, 2.45) is 0 Å². The Morgan fingerprint density at radius 3 is 3.00 bits per heavy atom. The molecule has 3 aromatic heterocycles. The number of H-pyrrole nitrogens is 2. The Morgan fingerprint density at radius 2 is 2.33 bits per heavy atom. The monoisotopic (exact) mass is 265 g/mol. The Balaban J connectivity index is 1.94. The zero-order chi connectivity index (χ0) is 12.5. The van der Waals surface area contributed by atoms with Crippen LogP contribution in [-0.2, 0) is 6.54 Å². The molecule has 0 saturated heterocycles. The lowest BCUT2D eigenvalue weighted by Gasteiger charge is -1.91. The Hall–Kier alpha value is -2.42. The van der Waals surface area contributed by atoms with Crippen LogP contribution in [0.3, 0.4) is 0 Å². The van der Waals surface area contributed by atoms with Gasteiger partial charge in [0.25, 0.3) is 5.89 Å². The van der Waals surface area contributed by atoms with Crippen LogP contribution in [0.4, 0.5) is 0 Å². The van der Waals surface area contributed by atoms with Gasteiger partial charge >= 0.3 is 11.4 Å². The number of thiophene rings is 1. The highest BCUT2D eigenvalue weighted by Gasteiger charge is 2.12. The first-order valence-electron chi connectivity index (χ1n) is 4.98. The first kappa shape index (κ1) is 10.7. The van der Waals surface area contributed by atoms with E-state index < -0.39 is 11.4 Å². The molecule has 3 aromatic rings. The van der Waals surface area contributed by atoms with Gasteiger partial charge in [-0.3, -0.25) is 4.98 Å². The topological polar surface area (TPSA) is 110 Å². The van der Waals surface area contributed by atoms with Crippen molar-refractivity contribution < 1.29 is 4.42 Å². The largest absolute Gasteiger partial charge is 0.437 e. The highest BCUT2D eigenvalue weighted by Crippen LogP contribution is 2.20. The SMILES string of the molecule is O=c1[nH]nc(Cn2nc(-c3cccs3)oc2=O)[nH]1. The summed E-state index contributed by atoms with van der Waals surface area (Å²) in [5.74, 6) is -0.0248. The summed E-state index contributed by atoms with van der Waals surface area (Å²) in [6.45, 7) is 0.0481. The predicted octanol–water partition coefficient (Wildman–Crippen LogP) is 0.0245. The van der Waals surface area contributed by atoms with Crippen LogP contribution in [0.5, 0.6) is 0 Å². The van der Waals surface area contributed by atoms with Crippen molar-refractivity contribution in [2.75, 3.05) is 0 Å². The van der Waals surface area contributed by atoms with Crippen molar-refractivity contribution >= 4 is 11.3 Å². The van der Waals surface area contributed by atoms with Crippen LogP contribution < -0.4 is 11.4 Å². The van der Waals surface area contributed by atoms with E-state index in [4.69, 9.17) is 4.42 Å².